The average Bonchev–Trinajstić information content (AvgIpc) is 1.99. The van der Waals surface area contributed by atoms with E-state index in [4.69, 9.17) is 4.74 Å². The molecule has 0 bridgehead atoms. The minimum absolute atomic E-state index is 0.0468. The monoisotopic (exact) mass is 210 g/mol. The first-order valence-electron chi connectivity index (χ1n) is 5.37. The van der Waals surface area contributed by atoms with Crippen molar-refractivity contribution in [3.05, 3.63) is 11.8 Å². The second-order valence-electron chi connectivity index (χ2n) is 4.82. The van der Waals surface area contributed by atoms with Crippen LogP contribution in [0.1, 0.15) is 46.5 Å². The summed E-state index contributed by atoms with van der Waals surface area (Å²) in [4.78, 5) is 22.6. The van der Waals surface area contributed by atoms with Gasteiger partial charge in [0.25, 0.3) is 0 Å². The van der Waals surface area contributed by atoms with Gasteiger partial charge in [-0.05, 0) is 11.8 Å². The van der Waals surface area contributed by atoms with Gasteiger partial charge in [-0.15, -0.1) is 0 Å². The van der Waals surface area contributed by atoms with Crippen molar-refractivity contribution in [2.75, 3.05) is 0 Å². The predicted octanol–water partition coefficient (Wildman–Crippen LogP) is 2.60. The predicted molar refractivity (Wildman–Crippen MR) is 57.1 cm³/mol. The summed E-state index contributed by atoms with van der Waals surface area (Å²) in [6.07, 6.45) is 3.82. The van der Waals surface area contributed by atoms with E-state index < -0.39 is 0 Å². The Balaban J connectivity index is 2.62. The maximum atomic E-state index is 11.4. The van der Waals surface area contributed by atoms with E-state index in [9.17, 15) is 9.59 Å². The van der Waals surface area contributed by atoms with E-state index in [2.05, 4.69) is 0 Å². The zero-order valence-electron chi connectivity index (χ0n) is 9.63. The lowest BCUT2D eigenvalue weighted by atomic mass is 9.79. The number of allylic oxidation sites excluding steroid dienone is 2. The number of ether oxygens (including phenoxy) is 1. The second kappa shape index (κ2) is 4.60. The molecule has 0 fully saturated rings. The molecule has 3 nitrogen and oxygen atoms in total. The van der Waals surface area contributed by atoms with E-state index in [1.165, 1.54) is 6.08 Å². The van der Waals surface area contributed by atoms with Gasteiger partial charge in [-0.2, -0.15) is 0 Å². The molecular weight excluding hydrogens is 192 g/mol. The number of hydrogen-bond donors (Lipinski definition) is 0. The third-order valence-corrected chi connectivity index (χ3v) is 2.33. The van der Waals surface area contributed by atoms with Crippen molar-refractivity contribution < 1.29 is 14.3 Å². The molecule has 0 aliphatic heterocycles. The lowest BCUT2D eigenvalue weighted by Gasteiger charge is -2.27. The molecule has 84 valence electrons. The number of carbonyl (C=O) groups excluding carboxylic acids is 2. The molecule has 0 aromatic heterocycles. The number of hydrogen-bond acceptors (Lipinski definition) is 3. The normalized spacial score (nSPS) is 19.7. The van der Waals surface area contributed by atoms with Crippen molar-refractivity contribution in [2.24, 2.45) is 5.41 Å². The Kier molecular flexibility index (Phi) is 3.66. The third kappa shape index (κ3) is 3.86. The maximum absolute atomic E-state index is 11.4. The lowest BCUT2D eigenvalue weighted by molar-refractivity contribution is -0.140. The van der Waals surface area contributed by atoms with Gasteiger partial charge in [-0.3, -0.25) is 9.59 Å². The Hall–Kier alpha value is -1.12. The Morgan fingerprint density at radius 2 is 2.13 bits per heavy atom. The number of carbonyl (C=O) groups is 2. The fraction of sp³-hybridized carbons (Fsp3) is 0.667. The van der Waals surface area contributed by atoms with Crippen molar-refractivity contribution in [3.8, 4) is 0 Å². The van der Waals surface area contributed by atoms with Crippen LogP contribution in [0.15, 0.2) is 11.8 Å². The fourth-order valence-corrected chi connectivity index (χ4v) is 1.75. The van der Waals surface area contributed by atoms with E-state index in [0.29, 0.717) is 25.0 Å². The van der Waals surface area contributed by atoms with E-state index in [1.807, 2.05) is 20.8 Å². The number of ketones is 1. The number of esters is 1. The van der Waals surface area contributed by atoms with Crippen LogP contribution in [0.3, 0.4) is 0 Å². The first kappa shape index (κ1) is 12.0. The molecule has 15 heavy (non-hydrogen) atoms. The van der Waals surface area contributed by atoms with Crippen molar-refractivity contribution in [3.63, 3.8) is 0 Å². The van der Waals surface area contributed by atoms with Crippen LogP contribution in [-0.2, 0) is 14.3 Å². The van der Waals surface area contributed by atoms with Crippen LogP contribution in [0.2, 0.25) is 0 Å². The molecule has 3 heteroatoms. The van der Waals surface area contributed by atoms with Crippen molar-refractivity contribution in [1.29, 1.82) is 0 Å². The first-order chi connectivity index (χ1) is 6.93. The zero-order chi connectivity index (χ0) is 11.5. The van der Waals surface area contributed by atoms with E-state index in [1.54, 1.807) is 0 Å². The smallest absolute Gasteiger partial charge is 0.310 e. The van der Waals surface area contributed by atoms with Gasteiger partial charge in [0.1, 0.15) is 5.76 Å². The molecule has 1 aliphatic rings. The summed E-state index contributed by atoms with van der Waals surface area (Å²) >= 11 is 0. The molecule has 0 aromatic carbocycles. The van der Waals surface area contributed by atoms with Gasteiger partial charge in [0.05, 0.1) is 0 Å². The van der Waals surface area contributed by atoms with Gasteiger partial charge in [-0.1, -0.05) is 20.8 Å². The van der Waals surface area contributed by atoms with Crippen LogP contribution in [-0.4, -0.2) is 11.8 Å². The van der Waals surface area contributed by atoms with Gasteiger partial charge in [0.2, 0.25) is 0 Å². The number of rotatable bonds is 3. The molecular formula is C12H18O3. The lowest BCUT2D eigenvalue weighted by Crippen LogP contribution is -2.23. The Bertz CT molecular complexity index is 300. The molecule has 0 heterocycles. The molecule has 0 spiro atoms. The molecule has 1 aliphatic carbocycles. The van der Waals surface area contributed by atoms with Crippen LogP contribution >= 0.6 is 0 Å². The van der Waals surface area contributed by atoms with E-state index in [-0.39, 0.29) is 17.2 Å². The Labute approximate surface area is 90.5 Å². The molecule has 0 saturated heterocycles. The van der Waals surface area contributed by atoms with Gasteiger partial charge in [0, 0.05) is 25.3 Å². The average molecular weight is 210 g/mol. The zero-order valence-corrected chi connectivity index (χ0v) is 9.63. The highest BCUT2D eigenvalue weighted by atomic mass is 16.5. The van der Waals surface area contributed by atoms with Crippen molar-refractivity contribution >= 4 is 11.8 Å². The standard InChI is InChI=1S/C12H18O3/c1-4-5-11(14)15-10-6-9(13)7-12(2,3)8-10/h6H,4-5,7-8H2,1-3H3. The van der Waals surface area contributed by atoms with Crippen LogP contribution in [0, 0.1) is 5.41 Å². The molecule has 0 amide bonds. The molecule has 0 N–H and O–H groups in total. The molecule has 0 radical (unpaired) electrons. The minimum Gasteiger partial charge on any atom is -0.431 e. The van der Waals surface area contributed by atoms with Crippen molar-refractivity contribution in [2.45, 2.75) is 46.5 Å². The van der Waals surface area contributed by atoms with Crippen molar-refractivity contribution in [1.82, 2.24) is 0 Å². The summed E-state index contributed by atoms with van der Waals surface area (Å²) in [6, 6.07) is 0. The van der Waals surface area contributed by atoms with Gasteiger partial charge in [-0.25, -0.2) is 0 Å². The minimum atomic E-state index is -0.241. The summed E-state index contributed by atoms with van der Waals surface area (Å²) in [5, 5.41) is 0. The van der Waals surface area contributed by atoms with Gasteiger partial charge < -0.3 is 4.74 Å². The largest absolute Gasteiger partial charge is 0.431 e. The topological polar surface area (TPSA) is 43.4 Å². The molecule has 0 aromatic rings. The molecule has 1 rings (SSSR count). The molecule has 0 saturated carbocycles. The van der Waals surface area contributed by atoms with Gasteiger partial charge in [0.15, 0.2) is 5.78 Å². The second-order valence-corrected chi connectivity index (χ2v) is 4.82. The maximum Gasteiger partial charge on any atom is 0.310 e. The van der Waals surface area contributed by atoms with Gasteiger partial charge >= 0.3 is 5.97 Å². The van der Waals surface area contributed by atoms with Crippen LogP contribution in [0.4, 0.5) is 0 Å². The molecule has 0 atom stereocenters. The van der Waals surface area contributed by atoms with E-state index >= 15 is 0 Å². The SMILES string of the molecule is CCCC(=O)OC1=CC(=O)CC(C)(C)C1. The van der Waals surface area contributed by atoms with E-state index in [0.717, 1.165) is 6.42 Å². The summed E-state index contributed by atoms with van der Waals surface area (Å²) in [5.41, 5.74) is -0.0896. The first-order valence-corrected chi connectivity index (χ1v) is 5.37. The van der Waals surface area contributed by atoms with Crippen LogP contribution in [0.5, 0.6) is 0 Å². The molecule has 0 unspecified atom stereocenters. The fourth-order valence-electron chi connectivity index (χ4n) is 1.75. The quantitative estimate of drug-likeness (QED) is 0.672. The third-order valence-electron chi connectivity index (χ3n) is 2.33. The van der Waals surface area contributed by atoms with Crippen LogP contribution < -0.4 is 0 Å². The Morgan fingerprint density at radius 3 is 2.67 bits per heavy atom. The summed E-state index contributed by atoms with van der Waals surface area (Å²) in [7, 11) is 0. The Morgan fingerprint density at radius 1 is 1.47 bits per heavy atom. The summed E-state index contributed by atoms with van der Waals surface area (Å²) < 4.78 is 5.14. The highest BCUT2D eigenvalue weighted by molar-refractivity contribution is 5.92. The summed E-state index contributed by atoms with van der Waals surface area (Å²) in [6.45, 7) is 5.93. The highest BCUT2D eigenvalue weighted by Gasteiger charge is 2.29. The van der Waals surface area contributed by atoms with Crippen LogP contribution in [0.25, 0.3) is 0 Å². The summed E-state index contributed by atoms with van der Waals surface area (Å²) in [5.74, 6) is 0.328. The highest BCUT2D eigenvalue weighted by Crippen LogP contribution is 2.34.